The Kier molecular flexibility index (Phi) is 4.03. The average Bonchev–Trinajstić information content (AvgIpc) is 2.86. The van der Waals surface area contributed by atoms with Crippen molar-refractivity contribution in [3.05, 3.63) is 22.7 Å². The summed E-state index contributed by atoms with van der Waals surface area (Å²) in [6.07, 6.45) is 0.307. The summed E-state index contributed by atoms with van der Waals surface area (Å²) in [6, 6.07) is 3.67. The number of piperidine rings is 1. The van der Waals surface area contributed by atoms with Gasteiger partial charge in [0.05, 0.1) is 6.10 Å². The monoisotopic (exact) mass is 299 g/mol. The van der Waals surface area contributed by atoms with Crippen LogP contribution in [0.3, 0.4) is 0 Å². The van der Waals surface area contributed by atoms with Gasteiger partial charge >= 0.3 is 0 Å². The Bertz CT molecular complexity index is 496. The van der Waals surface area contributed by atoms with Gasteiger partial charge in [-0.1, -0.05) is 11.6 Å². The van der Waals surface area contributed by atoms with E-state index >= 15 is 0 Å². The molecule has 110 valence electrons. The maximum Gasteiger partial charge on any atom is 0.231 e. The van der Waals surface area contributed by atoms with Gasteiger partial charge in [-0.05, 0) is 24.6 Å². The second-order valence-corrected chi connectivity index (χ2v) is 5.74. The lowest BCUT2D eigenvalue weighted by Gasteiger charge is -2.35. The number of ether oxygens (including phenoxy) is 2. The number of fused-ring (bicyclic) bond motifs is 1. The van der Waals surface area contributed by atoms with E-state index in [1.54, 1.807) is 6.07 Å². The third-order valence-electron chi connectivity index (χ3n) is 3.98. The van der Waals surface area contributed by atoms with Crippen LogP contribution in [-0.4, -0.2) is 47.7 Å². The predicted molar refractivity (Wildman–Crippen MR) is 74.1 cm³/mol. The van der Waals surface area contributed by atoms with Crippen LogP contribution in [0.1, 0.15) is 12.0 Å². The van der Waals surface area contributed by atoms with Crippen molar-refractivity contribution in [2.45, 2.75) is 19.1 Å². The molecule has 20 heavy (non-hydrogen) atoms. The SMILES string of the molecule is OC[C@H]1CCN(Cc2cc3c(cc2Cl)OCO3)C[C@@H]1O. The Morgan fingerprint density at radius 2 is 2.05 bits per heavy atom. The second kappa shape index (κ2) is 5.77. The Morgan fingerprint density at radius 3 is 2.75 bits per heavy atom. The minimum atomic E-state index is -0.485. The number of aliphatic hydroxyl groups is 2. The van der Waals surface area contributed by atoms with E-state index in [1.807, 2.05) is 6.07 Å². The number of rotatable bonds is 3. The van der Waals surface area contributed by atoms with Gasteiger partial charge in [-0.3, -0.25) is 4.90 Å². The highest BCUT2D eigenvalue weighted by Gasteiger charge is 2.27. The van der Waals surface area contributed by atoms with E-state index in [0.717, 1.165) is 24.3 Å². The van der Waals surface area contributed by atoms with Crippen LogP contribution in [-0.2, 0) is 6.54 Å². The number of benzene rings is 1. The molecule has 1 fully saturated rings. The molecule has 0 radical (unpaired) electrons. The molecule has 2 heterocycles. The predicted octanol–water partition coefficient (Wildman–Crippen LogP) is 1.24. The molecular formula is C14H18ClNO4. The zero-order valence-electron chi connectivity index (χ0n) is 11.1. The summed E-state index contributed by atoms with van der Waals surface area (Å²) in [4.78, 5) is 2.14. The van der Waals surface area contributed by atoms with Crippen molar-refractivity contribution >= 4 is 11.6 Å². The van der Waals surface area contributed by atoms with E-state index in [1.165, 1.54) is 0 Å². The van der Waals surface area contributed by atoms with Gasteiger partial charge in [-0.15, -0.1) is 0 Å². The normalized spacial score (nSPS) is 25.9. The third-order valence-corrected chi connectivity index (χ3v) is 4.33. The van der Waals surface area contributed by atoms with Gasteiger partial charge in [0.1, 0.15) is 0 Å². The van der Waals surface area contributed by atoms with Crippen LogP contribution in [0.25, 0.3) is 0 Å². The lowest BCUT2D eigenvalue weighted by molar-refractivity contribution is -0.00444. The van der Waals surface area contributed by atoms with Gasteiger partial charge in [0, 0.05) is 36.7 Å². The number of β-amino-alcohol motifs (C(OH)–C–C–N with tert-alkyl or cyclic N) is 1. The van der Waals surface area contributed by atoms with Crippen LogP contribution >= 0.6 is 11.6 Å². The molecule has 2 N–H and O–H groups in total. The maximum absolute atomic E-state index is 9.96. The minimum Gasteiger partial charge on any atom is -0.454 e. The van der Waals surface area contributed by atoms with Crippen molar-refractivity contribution in [1.82, 2.24) is 4.90 Å². The highest BCUT2D eigenvalue weighted by Crippen LogP contribution is 2.37. The first-order valence-electron chi connectivity index (χ1n) is 6.76. The van der Waals surface area contributed by atoms with Crippen molar-refractivity contribution in [1.29, 1.82) is 0 Å². The number of hydrogen-bond acceptors (Lipinski definition) is 5. The maximum atomic E-state index is 9.96. The smallest absolute Gasteiger partial charge is 0.231 e. The summed E-state index contributed by atoms with van der Waals surface area (Å²) in [6.45, 7) is 2.32. The number of nitrogens with zero attached hydrogens (tertiary/aromatic N) is 1. The largest absolute Gasteiger partial charge is 0.454 e. The van der Waals surface area contributed by atoms with Gasteiger partial charge < -0.3 is 19.7 Å². The Balaban J connectivity index is 1.69. The Labute approximate surface area is 122 Å². The van der Waals surface area contributed by atoms with E-state index in [9.17, 15) is 5.11 Å². The molecule has 0 unspecified atom stereocenters. The molecule has 1 aromatic rings. The fourth-order valence-electron chi connectivity index (χ4n) is 2.72. The fraction of sp³-hybridized carbons (Fsp3) is 0.571. The number of likely N-dealkylation sites (tertiary alicyclic amines) is 1. The van der Waals surface area contributed by atoms with Gasteiger partial charge in [-0.25, -0.2) is 0 Å². The summed E-state index contributed by atoms with van der Waals surface area (Å²) in [5.74, 6) is 1.38. The van der Waals surface area contributed by atoms with Gasteiger partial charge in [0.2, 0.25) is 6.79 Å². The summed E-state index contributed by atoms with van der Waals surface area (Å²) in [5.41, 5.74) is 0.963. The second-order valence-electron chi connectivity index (χ2n) is 5.33. The summed E-state index contributed by atoms with van der Waals surface area (Å²) >= 11 is 6.25. The molecule has 1 aromatic carbocycles. The molecule has 2 atom stereocenters. The third kappa shape index (κ3) is 2.72. The zero-order chi connectivity index (χ0) is 14.1. The molecule has 3 rings (SSSR count). The quantitative estimate of drug-likeness (QED) is 0.879. The first kappa shape index (κ1) is 13.9. The van der Waals surface area contributed by atoms with Crippen LogP contribution in [0, 0.1) is 5.92 Å². The molecule has 1 saturated heterocycles. The van der Waals surface area contributed by atoms with Crippen molar-refractivity contribution in [2.75, 3.05) is 26.5 Å². The molecule has 2 aliphatic rings. The number of hydrogen-bond donors (Lipinski definition) is 2. The topological polar surface area (TPSA) is 62.2 Å². The van der Waals surface area contributed by atoms with Crippen LogP contribution < -0.4 is 9.47 Å². The molecule has 2 aliphatic heterocycles. The van der Waals surface area contributed by atoms with Crippen molar-refractivity contribution in [3.63, 3.8) is 0 Å². The van der Waals surface area contributed by atoms with E-state index in [2.05, 4.69) is 4.90 Å². The molecule has 0 spiro atoms. The Morgan fingerprint density at radius 1 is 1.30 bits per heavy atom. The molecule has 0 bridgehead atoms. The first-order valence-corrected chi connectivity index (χ1v) is 7.14. The molecule has 0 aromatic heterocycles. The highest BCUT2D eigenvalue weighted by atomic mass is 35.5. The van der Waals surface area contributed by atoms with Crippen molar-refractivity contribution < 1.29 is 19.7 Å². The molecule has 0 amide bonds. The van der Waals surface area contributed by atoms with Crippen molar-refractivity contribution in [3.8, 4) is 11.5 Å². The number of halogens is 1. The van der Waals surface area contributed by atoms with Gasteiger partial charge in [0.25, 0.3) is 0 Å². The van der Waals surface area contributed by atoms with Crippen LogP contribution in [0.15, 0.2) is 12.1 Å². The van der Waals surface area contributed by atoms with Gasteiger partial charge in [-0.2, -0.15) is 0 Å². The fourth-order valence-corrected chi connectivity index (χ4v) is 2.94. The first-order chi connectivity index (χ1) is 9.67. The minimum absolute atomic E-state index is 0.0153. The Hall–Kier alpha value is -1.01. The molecular weight excluding hydrogens is 282 g/mol. The summed E-state index contributed by atoms with van der Waals surface area (Å²) in [7, 11) is 0. The molecule has 5 nitrogen and oxygen atoms in total. The summed E-state index contributed by atoms with van der Waals surface area (Å²) in [5, 5.41) is 19.8. The highest BCUT2D eigenvalue weighted by molar-refractivity contribution is 6.31. The van der Waals surface area contributed by atoms with Crippen LogP contribution in [0.4, 0.5) is 0 Å². The van der Waals surface area contributed by atoms with Crippen LogP contribution in [0.2, 0.25) is 5.02 Å². The number of aliphatic hydroxyl groups excluding tert-OH is 2. The van der Waals surface area contributed by atoms with E-state index in [4.69, 9.17) is 26.2 Å². The van der Waals surface area contributed by atoms with Gasteiger partial charge in [0.15, 0.2) is 11.5 Å². The lowest BCUT2D eigenvalue weighted by atomic mass is 9.94. The zero-order valence-corrected chi connectivity index (χ0v) is 11.8. The molecule has 6 heteroatoms. The average molecular weight is 300 g/mol. The van der Waals surface area contributed by atoms with E-state index < -0.39 is 6.10 Å². The summed E-state index contributed by atoms with van der Waals surface area (Å²) < 4.78 is 10.6. The molecule has 0 aliphatic carbocycles. The van der Waals surface area contributed by atoms with Crippen LogP contribution in [0.5, 0.6) is 11.5 Å². The molecule has 0 saturated carbocycles. The van der Waals surface area contributed by atoms with Crippen molar-refractivity contribution in [2.24, 2.45) is 5.92 Å². The van der Waals surface area contributed by atoms with E-state index in [-0.39, 0.29) is 19.3 Å². The lowest BCUT2D eigenvalue weighted by Crippen LogP contribution is -2.44. The van der Waals surface area contributed by atoms with E-state index in [0.29, 0.717) is 23.9 Å². The standard InChI is InChI=1S/C14H18ClNO4/c15-11-4-14-13(19-8-20-14)3-10(11)5-16-2-1-9(7-17)12(18)6-16/h3-4,9,12,17-18H,1-2,5-8H2/t9-,12+/m1/s1.